The highest BCUT2D eigenvalue weighted by molar-refractivity contribution is 7.89. The molecule has 2 saturated heterocycles. The number of hydrogen-bond donors (Lipinski definition) is 1. The Morgan fingerprint density at radius 1 is 1.03 bits per heavy atom. The molecule has 1 aliphatic carbocycles. The van der Waals surface area contributed by atoms with Crippen LogP contribution in [0.1, 0.15) is 56.4 Å². The lowest BCUT2D eigenvalue weighted by atomic mass is 9.89. The van der Waals surface area contributed by atoms with Crippen molar-refractivity contribution in [2.75, 3.05) is 33.2 Å². The molecule has 1 N–H and O–H groups in total. The lowest BCUT2D eigenvalue weighted by Gasteiger charge is -2.40. The first-order valence-electron chi connectivity index (χ1n) is 13.9. The Hall–Kier alpha value is -2.13. The predicted molar refractivity (Wildman–Crippen MR) is 151 cm³/mol. The van der Waals surface area contributed by atoms with Crippen LogP contribution in [-0.4, -0.2) is 79.9 Å². The largest absolute Gasteiger partial charge is 0.333 e. The fourth-order valence-electron chi connectivity index (χ4n) is 6.50. The molecule has 3 aliphatic rings. The molecule has 0 bridgehead atoms. The van der Waals surface area contributed by atoms with Crippen molar-refractivity contribution in [2.45, 2.75) is 73.9 Å². The van der Waals surface area contributed by atoms with E-state index in [9.17, 15) is 13.2 Å². The van der Waals surface area contributed by atoms with E-state index < -0.39 is 10.0 Å². The van der Waals surface area contributed by atoms with E-state index in [2.05, 4.69) is 15.1 Å². The van der Waals surface area contributed by atoms with Crippen molar-refractivity contribution in [3.63, 3.8) is 0 Å². The third kappa shape index (κ3) is 6.03. The Kier molecular flexibility index (Phi) is 8.62. The molecule has 2 amide bonds. The summed E-state index contributed by atoms with van der Waals surface area (Å²) in [6.07, 6.45) is 7.44. The molecule has 0 radical (unpaired) electrons. The van der Waals surface area contributed by atoms with Crippen molar-refractivity contribution in [3.8, 4) is 0 Å². The summed E-state index contributed by atoms with van der Waals surface area (Å²) in [5.41, 5.74) is 1.06. The molecule has 2 aromatic rings. The van der Waals surface area contributed by atoms with Crippen LogP contribution in [0, 0.1) is 0 Å². The van der Waals surface area contributed by atoms with Gasteiger partial charge in [0.05, 0.1) is 17.0 Å². The molecular weight excluding hydrogens is 520 g/mol. The summed E-state index contributed by atoms with van der Waals surface area (Å²) in [4.78, 5) is 17.7. The number of rotatable bonds is 9. The SMILES string of the molecule is CN(CC(CCN1CCC(N2C(=O)NC3CCCCC32)CC1)c1cccc(Cl)c1)S(=O)(=O)c1ccccc1. The van der Waals surface area contributed by atoms with Crippen molar-refractivity contribution >= 4 is 27.7 Å². The van der Waals surface area contributed by atoms with E-state index in [0.29, 0.717) is 34.6 Å². The van der Waals surface area contributed by atoms with Crippen LogP contribution in [0.5, 0.6) is 0 Å². The maximum Gasteiger partial charge on any atom is 0.318 e. The summed E-state index contributed by atoms with van der Waals surface area (Å²) < 4.78 is 27.9. The standard InChI is InChI=1S/C29H39ClN4O3S/c1-32(38(36,37)26-10-3-2-4-11-26)21-23(22-8-7-9-24(30)20-22)14-17-33-18-15-25(16-19-33)34-28-13-6-5-12-27(28)31-29(34)35/h2-4,7-11,20,23,25,27-28H,5-6,12-19,21H2,1H3,(H,31,35). The summed E-state index contributed by atoms with van der Waals surface area (Å²) in [6.45, 7) is 3.16. The lowest BCUT2D eigenvalue weighted by molar-refractivity contribution is 0.100. The average molecular weight is 559 g/mol. The summed E-state index contributed by atoms with van der Waals surface area (Å²) in [7, 11) is -1.93. The molecule has 3 fully saturated rings. The minimum absolute atomic E-state index is 0.0160. The average Bonchev–Trinajstić information content (AvgIpc) is 3.27. The van der Waals surface area contributed by atoms with Crippen LogP contribution >= 0.6 is 11.6 Å². The number of nitrogens with zero attached hydrogens (tertiary/aromatic N) is 3. The van der Waals surface area contributed by atoms with Gasteiger partial charge in [-0.25, -0.2) is 17.5 Å². The van der Waals surface area contributed by atoms with Gasteiger partial charge >= 0.3 is 6.03 Å². The number of amides is 2. The van der Waals surface area contributed by atoms with E-state index in [4.69, 9.17) is 11.6 Å². The zero-order valence-electron chi connectivity index (χ0n) is 22.1. The van der Waals surface area contributed by atoms with Gasteiger partial charge in [-0.15, -0.1) is 0 Å². The van der Waals surface area contributed by atoms with E-state index in [1.54, 1.807) is 31.3 Å². The van der Waals surface area contributed by atoms with Crippen LogP contribution in [0.15, 0.2) is 59.5 Å². The number of urea groups is 1. The molecule has 3 atom stereocenters. The number of likely N-dealkylation sites (tertiary alicyclic amines) is 1. The normalized spacial score (nSPS) is 23.9. The number of carbonyl (C=O) groups excluding carboxylic acids is 1. The lowest BCUT2D eigenvalue weighted by Crippen LogP contribution is -2.50. The number of fused-ring (bicyclic) bond motifs is 1. The second kappa shape index (κ2) is 11.9. The topological polar surface area (TPSA) is 73.0 Å². The molecular formula is C29H39ClN4O3S. The highest BCUT2D eigenvalue weighted by Crippen LogP contribution is 2.33. The second-order valence-electron chi connectivity index (χ2n) is 11.0. The fraction of sp³-hybridized carbons (Fsp3) is 0.552. The summed E-state index contributed by atoms with van der Waals surface area (Å²) in [6, 6.07) is 17.5. The van der Waals surface area contributed by atoms with Gasteiger partial charge in [-0.1, -0.05) is 54.8 Å². The fourth-order valence-corrected chi connectivity index (χ4v) is 7.93. The number of halogens is 1. The van der Waals surface area contributed by atoms with Gasteiger partial charge in [0, 0.05) is 37.7 Å². The summed E-state index contributed by atoms with van der Waals surface area (Å²) >= 11 is 6.32. The molecule has 5 rings (SSSR count). The Morgan fingerprint density at radius 3 is 2.50 bits per heavy atom. The summed E-state index contributed by atoms with van der Waals surface area (Å²) in [5.74, 6) is 0.0160. The number of benzene rings is 2. The van der Waals surface area contributed by atoms with Crippen LogP contribution < -0.4 is 5.32 Å². The van der Waals surface area contributed by atoms with Gasteiger partial charge in [-0.3, -0.25) is 0 Å². The third-order valence-electron chi connectivity index (χ3n) is 8.62. The smallest absolute Gasteiger partial charge is 0.318 e. The molecule has 0 spiro atoms. The monoisotopic (exact) mass is 558 g/mol. The van der Waals surface area contributed by atoms with Crippen molar-refractivity contribution in [2.24, 2.45) is 0 Å². The van der Waals surface area contributed by atoms with Gasteiger partial charge in [-0.05, 0) is 74.4 Å². The number of piperidine rings is 1. The van der Waals surface area contributed by atoms with E-state index in [-0.39, 0.29) is 11.9 Å². The Morgan fingerprint density at radius 2 is 1.76 bits per heavy atom. The molecule has 7 nitrogen and oxygen atoms in total. The number of sulfonamides is 1. The Labute approximate surface area is 232 Å². The summed E-state index contributed by atoms with van der Waals surface area (Å²) in [5, 5.41) is 3.89. The first-order valence-corrected chi connectivity index (χ1v) is 15.7. The molecule has 2 aliphatic heterocycles. The van der Waals surface area contributed by atoms with Crippen LogP contribution in [0.25, 0.3) is 0 Å². The van der Waals surface area contributed by atoms with Crippen LogP contribution in [0.2, 0.25) is 5.02 Å². The van der Waals surface area contributed by atoms with Crippen LogP contribution in [0.3, 0.4) is 0 Å². The molecule has 1 saturated carbocycles. The predicted octanol–water partition coefficient (Wildman–Crippen LogP) is 4.94. The minimum Gasteiger partial charge on any atom is -0.333 e. The number of nitrogens with one attached hydrogen (secondary N) is 1. The van der Waals surface area contributed by atoms with Gasteiger partial charge < -0.3 is 15.1 Å². The van der Waals surface area contributed by atoms with Crippen molar-refractivity contribution in [3.05, 3.63) is 65.2 Å². The molecule has 3 unspecified atom stereocenters. The molecule has 0 aromatic heterocycles. The molecule has 38 heavy (non-hydrogen) atoms. The first kappa shape index (κ1) is 27.4. The van der Waals surface area contributed by atoms with Crippen molar-refractivity contribution in [1.82, 2.24) is 19.4 Å². The first-order chi connectivity index (χ1) is 18.3. The van der Waals surface area contributed by atoms with Crippen LogP contribution in [0.4, 0.5) is 4.79 Å². The maximum absolute atomic E-state index is 13.2. The molecule has 2 heterocycles. The third-order valence-corrected chi connectivity index (χ3v) is 10.7. The van der Waals surface area contributed by atoms with E-state index in [1.807, 2.05) is 30.3 Å². The van der Waals surface area contributed by atoms with Gasteiger partial charge in [0.15, 0.2) is 0 Å². The quantitative estimate of drug-likeness (QED) is 0.473. The second-order valence-corrected chi connectivity index (χ2v) is 13.5. The van der Waals surface area contributed by atoms with Crippen LogP contribution in [-0.2, 0) is 10.0 Å². The van der Waals surface area contributed by atoms with E-state index >= 15 is 0 Å². The number of hydrogen-bond acceptors (Lipinski definition) is 4. The zero-order valence-corrected chi connectivity index (χ0v) is 23.7. The highest BCUT2D eigenvalue weighted by atomic mass is 35.5. The van der Waals surface area contributed by atoms with Gasteiger partial charge in [-0.2, -0.15) is 0 Å². The van der Waals surface area contributed by atoms with E-state index in [1.165, 1.54) is 17.1 Å². The van der Waals surface area contributed by atoms with Crippen molar-refractivity contribution < 1.29 is 13.2 Å². The maximum atomic E-state index is 13.2. The number of carbonyl (C=O) groups is 1. The molecule has 206 valence electrons. The van der Waals surface area contributed by atoms with Gasteiger partial charge in [0.25, 0.3) is 0 Å². The molecule has 2 aromatic carbocycles. The van der Waals surface area contributed by atoms with Gasteiger partial charge in [0.2, 0.25) is 10.0 Å². The Bertz CT molecular complexity index is 1200. The van der Waals surface area contributed by atoms with Gasteiger partial charge in [0.1, 0.15) is 0 Å². The zero-order chi connectivity index (χ0) is 26.7. The van der Waals surface area contributed by atoms with Crippen molar-refractivity contribution in [1.29, 1.82) is 0 Å². The van der Waals surface area contributed by atoms with E-state index in [0.717, 1.165) is 57.3 Å². The minimum atomic E-state index is -3.58. The Balaban J connectivity index is 1.21. The molecule has 9 heteroatoms. The highest BCUT2D eigenvalue weighted by Gasteiger charge is 2.44. The number of likely N-dealkylation sites (N-methyl/N-ethyl adjacent to an activating group) is 1.